The Bertz CT molecular complexity index is 1500. The molecule has 2 aliphatic carbocycles. The van der Waals surface area contributed by atoms with Crippen molar-refractivity contribution in [1.29, 1.82) is 0 Å². The standard InChI is InChI=1S/C31H39N3O5S/c1-31(2,30(36)39-4)28(21-8-6-5-7-9-21)32-29(35)22-12-15-24(16-13-22)33-40(37,38)25-17-14-23-18-26(20-10-11-20)34(3)27(23)19-25/h5-9,14,17-20,22,24,28,33H,10-13,15-16H2,1-4H3,(H,32,35). The Kier molecular flexibility index (Phi) is 7.81. The molecule has 2 fully saturated rings. The summed E-state index contributed by atoms with van der Waals surface area (Å²) in [4.78, 5) is 26.2. The molecule has 2 aromatic carbocycles. The van der Waals surface area contributed by atoms with Crippen LogP contribution in [0, 0.1) is 11.3 Å². The molecule has 9 heteroatoms. The van der Waals surface area contributed by atoms with E-state index >= 15 is 0 Å². The maximum Gasteiger partial charge on any atom is 0.313 e. The van der Waals surface area contributed by atoms with Crippen molar-refractivity contribution in [3.63, 3.8) is 0 Å². The van der Waals surface area contributed by atoms with Crippen molar-refractivity contribution in [1.82, 2.24) is 14.6 Å². The SMILES string of the molecule is COC(=O)C(C)(C)C(NC(=O)C1CCC(NS(=O)(=O)c2ccc3cc(C4CC4)n(C)c3c2)CC1)c1ccccc1. The molecule has 214 valence electrons. The van der Waals surface area contributed by atoms with E-state index in [0.29, 0.717) is 31.6 Å². The third-order valence-electron chi connectivity index (χ3n) is 8.63. The Morgan fingerprint density at radius 2 is 1.65 bits per heavy atom. The molecule has 5 rings (SSSR count). The number of hydrogen-bond donors (Lipinski definition) is 2. The molecule has 1 atom stereocenters. The molecule has 40 heavy (non-hydrogen) atoms. The maximum atomic E-state index is 13.4. The molecule has 1 amide bonds. The summed E-state index contributed by atoms with van der Waals surface area (Å²) >= 11 is 0. The van der Waals surface area contributed by atoms with Gasteiger partial charge in [0.05, 0.1) is 23.5 Å². The van der Waals surface area contributed by atoms with E-state index in [9.17, 15) is 18.0 Å². The third-order valence-corrected chi connectivity index (χ3v) is 10.2. The van der Waals surface area contributed by atoms with Crippen molar-refractivity contribution < 1.29 is 22.7 Å². The molecule has 8 nitrogen and oxygen atoms in total. The van der Waals surface area contributed by atoms with Gasteiger partial charge in [0.25, 0.3) is 0 Å². The van der Waals surface area contributed by atoms with Crippen LogP contribution in [-0.4, -0.2) is 38.0 Å². The van der Waals surface area contributed by atoms with Gasteiger partial charge in [-0.05, 0) is 87.4 Å². The lowest BCUT2D eigenvalue weighted by Gasteiger charge is -2.35. The lowest BCUT2D eigenvalue weighted by Crippen LogP contribution is -2.46. The Morgan fingerprint density at radius 3 is 2.27 bits per heavy atom. The highest BCUT2D eigenvalue weighted by Gasteiger charge is 2.41. The summed E-state index contributed by atoms with van der Waals surface area (Å²) in [6.07, 6.45) is 4.61. The van der Waals surface area contributed by atoms with Crippen molar-refractivity contribution in [2.24, 2.45) is 18.4 Å². The summed E-state index contributed by atoms with van der Waals surface area (Å²) < 4.78 is 36.6. The first kappa shape index (κ1) is 28.4. The molecule has 1 unspecified atom stereocenters. The highest BCUT2D eigenvalue weighted by Crippen LogP contribution is 2.42. The summed E-state index contributed by atoms with van der Waals surface area (Å²) in [6.45, 7) is 3.53. The van der Waals surface area contributed by atoms with Crippen molar-refractivity contribution in [2.75, 3.05) is 7.11 Å². The number of nitrogens with zero attached hydrogens (tertiary/aromatic N) is 1. The molecule has 0 aliphatic heterocycles. The molecular formula is C31H39N3O5S. The van der Waals surface area contributed by atoms with E-state index in [0.717, 1.165) is 16.5 Å². The van der Waals surface area contributed by atoms with Gasteiger partial charge in [-0.3, -0.25) is 9.59 Å². The Balaban J connectivity index is 1.23. The fourth-order valence-electron chi connectivity index (χ4n) is 6.00. The van der Waals surface area contributed by atoms with Gasteiger partial charge in [0.2, 0.25) is 15.9 Å². The molecule has 0 radical (unpaired) electrons. The maximum absolute atomic E-state index is 13.4. The molecule has 1 aromatic heterocycles. The van der Waals surface area contributed by atoms with E-state index < -0.39 is 27.4 Å². The van der Waals surface area contributed by atoms with Crippen LogP contribution < -0.4 is 10.0 Å². The smallest absolute Gasteiger partial charge is 0.313 e. The van der Waals surface area contributed by atoms with Crippen LogP contribution in [-0.2, 0) is 31.4 Å². The molecule has 2 aliphatic rings. The van der Waals surface area contributed by atoms with E-state index in [2.05, 4.69) is 20.7 Å². The summed E-state index contributed by atoms with van der Waals surface area (Å²) in [7, 11) is -0.356. The second-order valence-corrected chi connectivity index (χ2v) is 13.6. The predicted molar refractivity (Wildman–Crippen MR) is 154 cm³/mol. The minimum Gasteiger partial charge on any atom is -0.469 e. The summed E-state index contributed by atoms with van der Waals surface area (Å²) in [5.74, 6) is -0.219. The Hall–Kier alpha value is -3.17. The molecule has 0 bridgehead atoms. The second kappa shape index (κ2) is 11.0. The first-order valence-electron chi connectivity index (χ1n) is 14.1. The monoisotopic (exact) mass is 565 g/mol. The fourth-order valence-corrected chi connectivity index (χ4v) is 7.32. The van der Waals surface area contributed by atoms with Crippen molar-refractivity contribution in [3.8, 4) is 0 Å². The van der Waals surface area contributed by atoms with Gasteiger partial charge in [-0.15, -0.1) is 0 Å². The van der Waals surface area contributed by atoms with Gasteiger partial charge in [0.1, 0.15) is 0 Å². The number of carbonyl (C=O) groups is 2. The number of hydrogen-bond acceptors (Lipinski definition) is 5. The van der Waals surface area contributed by atoms with Crippen LogP contribution in [0.1, 0.15) is 75.6 Å². The number of aromatic nitrogens is 1. The van der Waals surface area contributed by atoms with Gasteiger partial charge in [-0.1, -0.05) is 36.4 Å². The molecule has 2 N–H and O–H groups in total. The quantitative estimate of drug-likeness (QED) is 0.357. The van der Waals surface area contributed by atoms with Gasteiger partial charge in [-0.25, -0.2) is 13.1 Å². The average Bonchev–Trinajstić information content (AvgIpc) is 3.74. The van der Waals surface area contributed by atoms with Gasteiger partial charge in [-0.2, -0.15) is 0 Å². The fraction of sp³-hybridized carbons (Fsp3) is 0.484. The first-order valence-corrected chi connectivity index (χ1v) is 15.5. The number of aryl methyl sites for hydroxylation is 1. The Morgan fingerprint density at radius 1 is 0.975 bits per heavy atom. The summed E-state index contributed by atoms with van der Waals surface area (Å²) in [5.41, 5.74) is 2.04. The molecule has 1 heterocycles. The van der Waals surface area contributed by atoms with Gasteiger partial charge in [0.15, 0.2) is 0 Å². The van der Waals surface area contributed by atoms with Gasteiger partial charge in [0, 0.05) is 30.2 Å². The minimum absolute atomic E-state index is 0.132. The van der Waals surface area contributed by atoms with Crippen LogP contribution in [0.25, 0.3) is 10.9 Å². The number of ether oxygens (including phenoxy) is 1. The normalized spacial score (nSPS) is 20.7. The second-order valence-electron chi connectivity index (χ2n) is 11.9. The largest absolute Gasteiger partial charge is 0.469 e. The first-order chi connectivity index (χ1) is 19.0. The number of amides is 1. The molecule has 0 saturated heterocycles. The highest BCUT2D eigenvalue weighted by molar-refractivity contribution is 7.89. The average molecular weight is 566 g/mol. The van der Waals surface area contributed by atoms with Crippen LogP contribution in [0.3, 0.4) is 0 Å². The zero-order valence-corrected chi connectivity index (χ0v) is 24.5. The number of benzene rings is 2. The van der Waals surface area contributed by atoms with E-state index in [1.54, 1.807) is 26.0 Å². The van der Waals surface area contributed by atoms with E-state index in [-0.39, 0.29) is 22.8 Å². The predicted octanol–water partition coefficient (Wildman–Crippen LogP) is 4.95. The molecule has 0 spiro atoms. The minimum atomic E-state index is -3.70. The number of nitrogens with one attached hydrogen (secondary N) is 2. The van der Waals surface area contributed by atoms with Crippen LogP contribution >= 0.6 is 0 Å². The summed E-state index contributed by atoms with van der Waals surface area (Å²) in [5, 5.41) is 4.16. The van der Waals surface area contributed by atoms with E-state index in [1.165, 1.54) is 25.6 Å². The van der Waals surface area contributed by atoms with Crippen LogP contribution in [0.15, 0.2) is 59.5 Å². The topological polar surface area (TPSA) is 106 Å². The molecule has 2 saturated carbocycles. The van der Waals surface area contributed by atoms with Gasteiger partial charge < -0.3 is 14.6 Å². The lowest BCUT2D eigenvalue weighted by atomic mass is 9.79. The van der Waals surface area contributed by atoms with Crippen molar-refractivity contribution >= 4 is 32.8 Å². The van der Waals surface area contributed by atoms with Gasteiger partial charge >= 0.3 is 5.97 Å². The zero-order chi connectivity index (χ0) is 28.7. The van der Waals surface area contributed by atoms with Crippen LogP contribution in [0.4, 0.5) is 0 Å². The number of rotatable bonds is 9. The Labute approximate surface area is 236 Å². The third kappa shape index (κ3) is 5.67. The van der Waals surface area contributed by atoms with Crippen molar-refractivity contribution in [2.45, 2.75) is 75.3 Å². The number of esters is 1. The molecule has 3 aromatic rings. The summed E-state index contributed by atoms with van der Waals surface area (Å²) in [6, 6.07) is 16.1. The van der Waals surface area contributed by atoms with Crippen LogP contribution in [0.2, 0.25) is 0 Å². The number of fused-ring (bicyclic) bond motifs is 1. The number of sulfonamides is 1. The number of carbonyl (C=O) groups excluding carboxylic acids is 2. The van der Waals surface area contributed by atoms with E-state index in [1.807, 2.05) is 43.4 Å². The van der Waals surface area contributed by atoms with E-state index in [4.69, 9.17) is 4.74 Å². The number of methoxy groups -OCH3 is 1. The molecular weight excluding hydrogens is 526 g/mol. The zero-order valence-electron chi connectivity index (χ0n) is 23.6. The highest BCUT2D eigenvalue weighted by atomic mass is 32.2. The van der Waals surface area contributed by atoms with Crippen molar-refractivity contribution in [3.05, 3.63) is 65.9 Å². The lowest BCUT2D eigenvalue weighted by molar-refractivity contribution is -0.153. The van der Waals surface area contributed by atoms with Crippen LogP contribution in [0.5, 0.6) is 0 Å².